The molecule has 0 radical (unpaired) electrons. The smallest absolute Gasteiger partial charge is 0.328 e. The van der Waals surface area contributed by atoms with Gasteiger partial charge < -0.3 is 9.64 Å². The Morgan fingerprint density at radius 3 is 2.53 bits per heavy atom. The number of benzene rings is 2. The van der Waals surface area contributed by atoms with Gasteiger partial charge in [-0.25, -0.2) is 9.78 Å². The van der Waals surface area contributed by atoms with E-state index in [2.05, 4.69) is 4.98 Å². The number of esters is 1. The second-order valence-corrected chi connectivity index (χ2v) is 7.40. The molecule has 1 saturated heterocycles. The average Bonchev–Trinajstić information content (AvgIpc) is 2.78. The second-order valence-electron chi connectivity index (χ2n) is 7.40. The van der Waals surface area contributed by atoms with Crippen LogP contribution in [0, 0.1) is 6.92 Å². The summed E-state index contributed by atoms with van der Waals surface area (Å²) in [5, 5.41) is 0.539. The van der Waals surface area contributed by atoms with Crippen molar-refractivity contribution < 1.29 is 14.3 Å². The van der Waals surface area contributed by atoms with E-state index in [4.69, 9.17) is 4.74 Å². The number of amides is 1. The molecule has 2 aromatic carbocycles. The van der Waals surface area contributed by atoms with Crippen LogP contribution in [0.5, 0.6) is 0 Å². The summed E-state index contributed by atoms with van der Waals surface area (Å²) in [6.07, 6.45) is 2.35. The molecule has 2 heterocycles. The van der Waals surface area contributed by atoms with Crippen molar-refractivity contribution in [1.29, 1.82) is 0 Å². The summed E-state index contributed by atoms with van der Waals surface area (Å²) >= 11 is 0. The van der Waals surface area contributed by atoms with Gasteiger partial charge in [-0.05, 0) is 62.6 Å². The number of ether oxygens (including phenoxy) is 1. The molecule has 7 heteroatoms. The zero-order valence-electron chi connectivity index (χ0n) is 17.0. The molecule has 3 aromatic rings. The summed E-state index contributed by atoms with van der Waals surface area (Å²) < 4.78 is 6.40. The first-order valence-corrected chi connectivity index (χ1v) is 9.99. The number of nitrogens with zero attached hydrogens (tertiary/aromatic N) is 3. The second kappa shape index (κ2) is 8.10. The van der Waals surface area contributed by atoms with E-state index in [0.717, 1.165) is 12.8 Å². The van der Waals surface area contributed by atoms with Crippen molar-refractivity contribution in [1.82, 2.24) is 14.5 Å². The number of hydrogen-bond acceptors (Lipinski definition) is 5. The highest BCUT2D eigenvalue weighted by Crippen LogP contribution is 2.21. The van der Waals surface area contributed by atoms with Crippen molar-refractivity contribution in [2.45, 2.75) is 32.2 Å². The molecule has 4 rings (SSSR count). The molecule has 30 heavy (non-hydrogen) atoms. The van der Waals surface area contributed by atoms with Gasteiger partial charge in [0.2, 0.25) is 0 Å². The number of fused-ring (bicyclic) bond motifs is 1. The van der Waals surface area contributed by atoms with Gasteiger partial charge in [0.25, 0.3) is 11.5 Å². The number of piperidine rings is 1. The van der Waals surface area contributed by atoms with Gasteiger partial charge in [0, 0.05) is 12.1 Å². The van der Waals surface area contributed by atoms with Gasteiger partial charge in [-0.3, -0.25) is 14.2 Å². The van der Waals surface area contributed by atoms with Crippen molar-refractivity contribution in [3.63, 3.8) is 0 Å². The summed E-state index contributed by atoms with van der Waals surface area (Å²) in [5.74, 6) is -0.0268. The number of aryl methyl sites for hydroxylation is 1. The van der Waals surface area contributed by atoms with Crippen molar-refractivity contribution >= 4 is 22.8 Å². The maximum Gasteiger partial charge on any atom is 0.328 e. The van der Waals surface area contributed by atoms with Gasteiger partial charge in [-0.15, -0.1) is 0 Å². The van der Waals surface area contributed by atoms with Crippen molar-refractivity contribution in [2.75, 3.05) is 13.7 Å². The number of para-hydroxylation sites is 1. The minimum Gasteiger partial charge on any atom is -0.467 e. The molecule has 0 spiro atoms. The van der Waals surface area contributed by atoms with E-state index < -0.39 is 6.04 Å². The Labute approximate surface area is 173 Å². The lowest BCUT2D eigenvalue weighted by Gasteiger charge is -2.33. The predicted molar refractivity (Wildman–Crippen MR) is 113 cm³/mol. The largest absolute Gasteiger partial charge is 0.467 e. The highest BCUT2D eigenvalue weighted by molar-refractivity contribution is 5.97. The van der Waals surface area contributed by atoms with Crippen LogP contribution in [0.3, 0.4) is 0 Å². The van der Waals surface area contributed by atoms with Gasteiger partial charge in [0.1, 0.15) is 11.9 Å². The lowest BCUT2D eigenvalue weighted by Crippen LogP contribution is -2.48. The summed E-state index contributed by atoms with van der Waals surface area (Å²) in [6, 6.07) is 13.5. The highest BCUT2D eigenvalue weighted by atomic mass is 16.5. The Morgan fingerprint density at radius 2 is 1.80 bits per heavy atom. The van der Waals surface area contributed by atoms with Crippen LogP contribution in [-0.2, 0) is 9.53 Å². The molecular weight excluding hydrogens is 382 g/mol. The standard InChI is InChI=1S/C23H23N3O4/c1-15-24-19-8-4-3-7-18(19)22(28)26(15)17-12-10-16(11-13-17)21(27)25-14-6-5-9-20(25)23(29)30-2/h3-4,7-8,10-13,20H,5-6,9,14H2,1-2H3. The maximum atomic E-state index is 13.0. The topological polar surface area (TPSA) is 81.5 Å². The van der Waals surface area contributed by atoms with Crippen LogP contribution in [0.4, 0.5) is 0 Å². The lowest BCUT2D eigenvalue weighted by molar-refractivity contribution is -0.147. The molecule has 1 aromatic heterocycles. The zero-order chi connectivity index (χ0) is 21.3. The molecule has 0 bridgehead atoms. The van der Waals surface area contributed by atoms with Gasteiger partial charge in [-0.1, -0.05) is 12.1 Å². The molecule has 1 aliphatic rings. The SMILES string of the molecule is COC(=O)C1CCCCN1C(=O)c1ccc(-n2c(C)nc3ccccc3c2=O)cc1. The third-order valence-electron chi connectivity index (χ3n) is 5.55. The molecule has 1 atom stereocenters. The fraction of sp³-hybridized carbons (Fsp3) is 0.304. The van der Waals surface area contributed by atoms with Crippen LogP contribution >= 0.6 is 0 Å². The number of carbonyl (C=O) groups excluding carboxylic acids is 2. The molecule has 7 nitrogen and oxygen atoms in total. The Bertz CT molecular complexity index is 1170. The first-order chi connectivity index (χ1) is 14.5. The van der Waals surface area contributed by atoms with Gasteiger partial charge in [0.15, 0.2) is 0 Å². The summed E-state index contributed by atoms with van der Waals surface area (Å²) in [6.45, 7) is 2.30. The number of methoxy groups -OCH3 is 1. The highest BCUT2D eigenvalue weighted by Gasteiger charge is 2.33. The van der Waals surface area contributed by atoms with E-state index in [-0.39, 0.29) is 17.4 Å². The van der Waals surface area contributed by atoms with E-state index in [0.29, 0.717) is 40.9 Å². The van der Waals surface area contributed by atoms with Crippen molar-refractivity contribution in [2.24, 2.45) is 0 Å². The quantitative estimate of drug-likeness (QED) is 0.626. The first-order valence-electron chi connectivity index (χ1n) is 9.99. The third kappa shape index (κ3) is 3.47. The molecule has 1 amide bonds. The zero-order valence-corrected chi connectivity index (χ0v) is 17.0. The van der Waals surface area contributed by atoms with Crippen molar-refractivity contribution in [3.05, 3.63) is 70.3 Å². The Morgan fingerprint density at radius 1 is 1.07 bits per heavy atom. The molecule has 1 unspecified atom stereocenters. The van der Waals surface area contributed by atoms with Gasteiger partial charge in [-0.2, -0.15) is 0 Å². The fourth-order valence-electron chi connectivity index (χ4n) is 4.02. The lowest BCUT2D eigenvalue weighted by atomic mass is 10.0. The van der Waals surface area contributed by atoms with Crippen LogP contribution < -0.4 is 5.56 Å². The molecule has 1 fully saturated rings. The molecule has 0 aliphatic carbocycles. The molecule has 1 aliphatic heterocycles. The minimum atomic E-state index is -0.550. The normalized spacial score (nSPS) is 16.5. The van der Waals surface area contributed by atoms with E-state index in [9.17, 15) is 14.4 Å². The van der Waals surface area contributed by atoms with Crippen LogP contribution in [0.25, 0.3) is 16.6 Å². The van der Waals surface area contributed by atoms with Crippen LogP contribution in [-0.4, -0.2) is 46.0 Å². The van der Waals surface area contributed by atoms with Gasteiger partial charge in [0.05, 0.1) is 23.7 Å². The molecule has 0 saturated carbocycles. The number of likely N-dealkylation sites (tertiary alicyclic amines) is 1. The average molecular weight is 405 g/mol. The van der Waals surface area contributed by atoms with Crippen LogP contribution in [0.1, 0.15) is 35.4 Å². The van der Waals surface area contributed by atoms with E-state index in [1.165, 1.54) is 11.7 Å². The fourth-order valence-corrected chi connectivity index (χ4v) is 4.02. The Balaban J connectivity index is 1.66. The summed E-state index contributed by atoms with van der Waals surface area (Å²) in [7, 11) is 1.34. The summed E-state index contributed by atoms with van der Waals surface area (Å²) in [4.78, 5) is 44.2. The Kier molecular flexibility index (Phi) is 5.35. The van der Waals surface area contributed by atoms with Crippen LogP contribution in [0.15, 0.2) is 53.3 Å². The Hall–Kier alpha value is -3.48. The first kappa shape index (κ1) is 19.8. The van der Waals surface area contributed by atoms with E-state index >= 15 is 0 Å². The minimum absolute atomic E-state index is 0.154. The third-order valence-corrected chi connectivity index (χ3v) is 5.55. The number of rotatable bonds is 3. The number of carbonyl (C=O) groups is 2. The number of aromatic nitrogens is 2. The van der Waals surface area contributed by atoms with E-state index in [1.54, 1.807) is 42.2 Å². The number of hydrogen-bond donors (Lipinski definition) is 0. The molecule has 0 N–H and O–H groups in total. The molecule has 154 valence electrons. The van der Waals surface area contributed by atoms with E-state index in [1.807, 2.05) is 18.2 Å². The van der Waals surface area contributed by atoms with Crippen molar-refractivity contribution in [3.8, 4) is 5.69 Å². The monoisotopic (exact) mass is 405 g/mol. The molecular formula is C23H23N3O4. The van der Waals surface area contributed by atoms with Crippen LogP contribution in [0.2, 0.25) is 0 Å². The summed E-state index contributed by atoms with van der Waals surface area (Å²) in [5.41, 5.74) is 1.60. The predicted octanol–water partition coefficient (Wildman–Crippen LogP) is 2.86. The van der Waals surface area contributed by atoms with Gasteiger partial charge >= 0.3 is 5.97 Å². The maximum absolute atomic E-state index is 13.0.